The number of aryl methyl sites for hydroxylation is 1. The van der Waals surface area contributed by atoms with E-state index in [0.29, 0.717) is 18.2 Å². The van der Waals surface area contributed by atoms with Crippen LogP contribution in [0.1, 0.15) is 16.3 Å². The standard InChI is InChI=1S/C11H12N4OS2/c1-7-9(18-6-15-7)2-3-16-10-5-13-8(4-14-10)11(12)17/h4-6H,2-3H2,1H3,(H2,12,17). The van der Waals surface area contributed by atoms with Gasteiger partial charge in [0.05, 0.1) is 30.2 Å². The van der Waals surface area contributed by atoms with Gasteiger partial charge in [-0.2, -0.15) is 0 Å². The quantitative estimate of drug-likeness (QED) is 0.837. The average Bonchev–Trinajstić information content (AvgIpc) is 2.76. The first kappa shape index (κ1) is 12.8. The van der Waals surface area contributed by atoms with Gasteiger partial charge in [0, 0.05) is 11.3 Å². The Morgan fingerprint density at radius 2 is 2.22 bits per heavy atom. The summed E-state index contributed by atoms with van der Waals surface area (Å²) in [6, 6.07) is 0. The summed E-state index contributed by atoms with van der Waals surface area (Å²) in [6.45, 7) is 2.53. The largest absolute Gasteiger partial charge is 0.476 e. The third-order valence-electron chi connectivity index (χ3n) is 2.30. The van der Waals surface area contributed by atoms with Gasteiger partial charge in [0.1, 0.15) is 10.7 Å². The lowest BCUT2D eigenvalue weighted by molar-refractivity contribution is 0.308. The molecule has 0 fully saturated rings. The summed E-state index contributed by atoms with van der Waals surface area (Å²) >= 11 is 6.42. The highest BCUT2D eigenvalue weighted by Gasteiger charge is 2.03. The zero-order chi connectivity index (χ0) is 13.0. The van der Waals surface area contributed by atoms with E-state index in [0.717, 1.165) is 12.1 Å². The zero-order valence-corrected chi connectivity index (χ0v) is 11.4. The summed E-state index contributed by atoms with van der Waals surface area (Å²) < 4.78 is 5.49. The van der Waals surface area contributed by atoms with E-state index in [2.05, 4.69) is 15.0 Å². The van der Waals surface area contributed by atoms with Gasteiger partial charge in [0.15, 0.2) is 0 Å². The Morgan fingerprint density at radius 1 is 1.39 bits per heavy atom. The van der Waals surface area contributed by atoms with Crippen LogP contribution in [0, 0.1) is 6.92 Å². The molecule has 0 radical (unpaired) electrons. The van der Waals surface area contributed by atoms with Crippen molar-refractivity contribution < 1.29 is 4.74 Å². The maximum Gasteiger partial charge on any atom is 0.232 e. The fourth-order valence-corrected chi connectivity index (χ4v) is 2.20. The number of hydrogen-bond acceptors (Lipinski definition) is 6. The summed E-state index contributed by atoms with van der Waals surface area (Å²) in [6.07, 6.45) is 3.85. The van der Waals surface area contributed by atoms with E-state index < -0.39 is 0 Å². The molecule has 2 heterocycles. The number of thiocarbonyl (C=S) groups is 1. The second-order valence-corrected chi connectivity index (χ2v) is 4.94. The van der Waals surface area contributed by atoms with Crippen molar-refractivity contribution in [3.63, 3.8) is 0 Å². The molecule has 0 unspecified atom stereocenters. The molecular formula is C11H12N4OS2. The molecule has 0 atom stereocenters. The van der Waals surface area contributed by atoms with E-state index in [1.807, 2.05) is 12.4 Å². The molecule has 0 aliphatic rings. The number of thiazole rings is 1. The molecular weight excluding hydrogens is 268 g/mol. The topological polar surface area (TPSA) is 73.9 Å². The highest BCUT2D eigenvalue weighted by Crippen LogP contribution is 2.13. The van der Waals surface area contributed by atoms with Crippen molar-refractivity contribution in [1.82, 2.24) is 15.0 Å². The van der Waals surface area contributed by atoms with Gasteiger partial charge in [-0.25, -0.2) is 15.0 Å². The molecule has 0 saturated heterocycles. The first-order valence-electron chi connectivity index (χ1n) is 5.30. The van der Waals surface area contributed by atoms with Crippen LogP contribution in [-0.4, -0.2) is 26.5 Å². The molecule has 0 amide bonds. The summed E-state index contributed by atoms with van der Waals surface area (Å²) in [5.74, 6) is 0.470. The monoisotopic (exact) mass is 280 g/mol. The lowest BCUT2D eigenvalue weighted by Crippen LogP contribution is -2.12. The van der Waals surface area contributed by atoms with Crippen molar-refractivity contribution in [2.24, 2.45) is 5.73 Å². The van der Waals surface area contributed by atoms with Gasteiger partial charge in [-0.1, -0.05) is 12.2 Å². The SMILES string of the molecule is Cc1ncsc1CCOc1cnc(C(N)=S)cn1. The van der Waals surface area contributed by atoms with Crippen LogP contribution in [0.15, 0.2) is 17.9 Å². The van der Waals surface area contributed by atoms with Crippen molar-refractivity contribution in [2.75, 3.05) is 6.61 Å². The Balaban J connectivity index is 1.87. The Bertz CT molecular complexity index is 538. The van der Waals surface area contributed by atoms with Gasteiger partial charge in [-0.15, -0.1) is 11.3 Å². The number of aromatic nitrogens is 3. The fourth-order valence-electron chi connectivity index (χ4n) is 1.33. The smallest absolute Gasteiger partial charge is 0.232 e. The lowest BCUT2D eigenvalue weighted by atomic mass is 10.3. The Labute approximate surface area is 114 Å². The van der Waals surface area contributed by atoms with Gasteiger partial charge >= 0.3 is 0 Å². The van der Waals surface area contributed by atoms with Crippen molar-refractivity contribution in [2.45, 2.75) is 13.3 Å². The van der Waals surface area contributed by atoms with E-state index in [4.69, 9.17) is 22.7 Å². The van der Waals surface area contributed by atoms with Crippen LogP contribution in [0.3, 0.4) is 0 Å². The molecule has 2 rings (SSSR count). The van der Waals surface area contributed by atoms with Gasteiger partial charge in [0.2, 0.25) is 5.88 Å². The first-order chi connectivity index (χ1) is 8.66. The van der Waals surface area contributed by atoms with E-state index in [1.54, 1.807) is 11.3 Å². The maximum absolute atomic E-state index is 5.49. The lowest BCUT2D eigenvalue weighted by Gasteiger charge is -2.04. The number of nitrogens with zero attached hydrogens (tertiary/aromatic N) is 3. The molecule has 0 aliphatic carbocycles. The summed E-state index contributed by atoms with van der Waals surface area (Å²) in [5, 5.41) is 0. The normalized spacial score (nSPS) is 10.3. The number of nitrogens with two attached hydrogens (primary N) is 1. The second kappa shape index (κ2) is 5.83. The third-order valence-corrected chi connectivity index (χ3v) is 3.51. The van der Waals surface area contributed by atoms with Gasteiger partial charge in [-0.3, -0.25) is 0 Å². The molecule has 7 heteroatoms. The van der Waals surface area contributed by atoms with E-state index in [9.17, 15) is 0 Å². The van der Waals surface area contributed by atoms with E-state index in [1.165, 1.54) is 17.3 Å². The number of rotatable bonds is 5. The van der Waals surface area contributed by atoms with Gasteiger partial charge < -0.3 is 10.5 Å². The predicted octanol–water partition coefficient (Wildman–Crippen LogP) is 1.50. The van der Waals surface area contributed by atoms with Crippen molar-refractivity contribution in [1.29, 1.82) is 0 Å². The molecule has 0 bridgehead atoms. The minimum atomic E-state index is 0.231. The molecule has 0 spiro atoms. The average molecular weight is 280 g/mol. The molecule has 0 aromatic carbocycles. The Kier molecular flexibility index (Phi) is 4.16. The summed E-state index contributed by atoms with van der Waals surface area (Å²) in [7, 11) is 0. The van der Waals surface area contributed by atoms with Gasteiger partial charge in [-0.05, 0) is 6.92 Å². The van der Waals surface area contributed by atoms with Crippen molar-refractivity contribution >= 4 is 28.5 Å². The molecule has 0 saturated carbocycles. The van der Waals surface area contributed by atoms with Crippen LogP contribution in [0.25, 0.3) is 0 Å². The minimum Gasteiger partial charge on any atom is -0.476 e. The summed E-state index contributed by atoms with van der Waals surface area (Å²) in [5.41, 5.74) is 8.81. The number of hydrogen-bond donors (Lipinski definition) is 1. The third kappa shape index (κ3) is 3.21. The van der Waals surface area contributed by atoms with Crippen LogP contribution in [-0.2, 0) is 6.42 Å². The Hall–Kier alpha value is -1.60. The molecule has 2 aromatic rings. The van der Waals surface area contributed by atoms with Crippen LogP contribution in [0.2, 0.25) is 0 Å². The molecule has 2 aromatic heterocycles. The van der Waals surface area contributed by atoms with E-state index in [-0.39, 0.29) is 4.99 Å². The second-order valence-electron chi connectivity index (χ2n) is 3.56. The van der Waals surface area contributed by atoms with Crippen molar-refractivity contribution in [3.8, 4) is 5.88 Å². The van der Waals surface area contributed by atoms with Crippen LogP contribution in [0.5, 0.6) is 5.88 Å². The van der Waals surface area contributed by atoms with Crippen molar-refractivity contribution in [3.05, 3.63) is 34.2 Å². The number of ether oxygens (including phenoxy) is 1. The molecule has 5 nitrogen and oxygen atoms in total. The van der Waals surface area contributed by atoms with Crippen LogP contribution in [0.4, 0.5) is 0 Å². The minimum absolute atomic E-state index is 0.231. The molecule has 0 aliphatic heterocycles. The highest BCUT2D eigenvalue weighted by atomic mass is 32.1. The van der Waals surface area contributed by atoms with Gasteiger partial charge in [0.25, 0.3) is 0 Å². The zero-order valence-electron chi connectivity index (χ0n) is 9.79. The van der Waals surface area contributed by atoms with Crippen LogP contribution >= 0.6 is 23.6 Å². The first-order valence-corrected chi connectivity index (χ1v) is 6.59. The van der Waals surface area contributed by atoms with E-state index >= 15 is 0 Å². The molecule has 94 valence electrons. The predicted molar refractivity (Wildman–Crippen MR) is 74.0 cm³/mol. The Morgan fingerprint density at radius 3 is 2.78 bits per heavy atom. The molecule has 18 heavy (non-hydrogen) atoms. The highest BCUT2D eigenvalue weighted by molar-refractivity contribution is 7.80. The summed E-state index contributed by atoms with van der Waals surface area (Å²) in [4.78, 5) is 13.8. The van der Waals surface area contributed by atoms with Crippen LogP contribution < -0.4 is 10.5 Å². The fraction of sp³-hybridized carbons (Fsp3) is 0.273. The maximum atomic E-state index is 5.49. The molecule has 2 N–H and O–H groups in total.